The molecule has 41 heavy (non-hydrogen) atoms. The third kappa shape index (κ3) is 4.43. The summed E-state index contributed by atoms with van der Waals surface area (Å²) < 4.78 is 56.4. The molecule has 0 aliphatic heterocycles. The zero-order valence-electron chi connectivity index (χ0n) is 21.7. The number of benzene rings is 2. The summed E-state index contributed by atoms with van der Waals surface area (Å²) in [6.07, 6.45) is 7.02. The Hall–Kier alpha value is -3.67. The van der Waals surface area contributed by atoms with E-state index in [-0.39, 0.29) is 51.8 Å². The van der Waals surface area contributed by atoms with Crippen LogP contribution < -0.4 is 5.32 Å². The molecule has 3 aliphatic carbocycles. The Kier molecular flexibility index (Phi) is 6.71. The van der Waals surface area contributed by atoms with Crippen LogP contribution in [0.2, 0.25) is 5.02 Å². The molecule has 3 aliphatic rings. The van der Waals surface area contributed by atoms with Gasteiger partial charge in [-0.3, -0.25) is 9.78 Å². The number of fused-ring (bicyclic) bond motifs is 2. The Morgan fingerprint density at radius 2 is 1.76 bits per heavy atom. The van der Waals surface area contributed by atoms with Crippen molar-refractivity contribution in [3.63, 3.8) is 0 Å². The number of halogens is 3. The van der Waals surface area contributed by atoms with Crippen LogP contribution in [0.25, 0.3) is 5.69 Å². The summed E-state index contributed by atoms with van der Waals surface area (Å²) >= 11 is 6.34. The Morgan fingerprint density at radius 3 is 2.44 bits per heavy atom. The molecule has 2 unspecified atom stereocenters. The first-order valence-electron chi connectivity index (χ1n) is 13.0. The standard InChI is InChI=1S/C29H25ClF2N4O4S/c1-16-21-14-20(15-22(16)29(21,38)28-34-10-11-36(28)19-6-8-33-9-7-19)41(39,40)26-12-17(2-4-23(26)30)27(37)35-18-3-5-24(31)25(32)13-18/h2-13,16,20-22,38H,14-15H2,1H3,(H,35,37)/t16-,20?,21?,22?,29+. The minimum absolute atomic E-state index is 0.0112. The van der Waals surface area contributed by atoms with E-state index in [0.717, 1.165) is 17.8 Å². The number of carbonyl (C=O) groups excluding carboxylic acids is 1. The fourth-order valence-corrected chi connectivity index (χ4v) is 8.76. The quantitative estimate of drug-likeness (QED) is 0.317. The van der Waals surface area contributed by atoms with Gasteiger partial charge in [-0.15, -0.1) is 0 Å². The van der Waals surface area contributed by atoms with Gasteiger partial charge in [0.15, 0.2) is 21.5 Å². The van der Waals surface area contributed by atoms with Gasteiger partial charge in [-0.25, -0.2) is 22.2 Å². The predicted octanol–water partition coefficient (Wildman–Crippen LogP) is 5.16. The first-order valence-corrected chi connectivity index (χ1v) is 14.9. The summed E-state index contributed by atoms with van der Waals surface area (Å²) in [5.41, 5.74) is -0.524. The largest absolute Gasteiger partial charge is 0.381 e. The molecule has 12 heteroatoms. The van der Waals surface area contributed by atoms with Crippen LogP contribution >= 0.6 is 11.6 Å². The molecule has 212 valence electrons. The van der Waals surface area contributed by atoms with Crippen LogP contribution in [-0.4, -0.2) is 39.2 Å². The number of nitrogens with one attached hydrogen (secondary N) is 1. The summed E-state index contributed by atoms with van der Waals surface area (Å²) in [5.74, 6) is -3.11. The molecular weight excluding hydrogens is 574 g/mol. The van der Waals surface area contributed by atoms with Gasteiger partial charge < -0.3 is 15.0 Å². The highest BCUT2D eigenvalue weighted by Crippen LogP contribution is 2.63. The second-order valence-corrected chi connectivity index (χ2v) is 13.2. The Labute approximate surface area is 239 Å². The number of sulfone groups is 1. The third-order valence-electron chi connectivity index (χ3n) is 8.49. The summed E-state index contributed by atoms with van der Waals surface area (Å²) in [7, 11) is -4.01. The van der Waals surface area contributed by atoms with Gasteiger partial charge >= 0.3 is 0 Å². The van der Waals surface area contributed by atoms with E-state index in [1.807, 2.05) is 6.92 Å². The van der Waals surface area contributed by atoms with Crippen molar-refractivity contribution < 1.29 is 27.1 Å². The lowest BCUT2D eigenvalue weighted by atomic mass is 9.47. The Bertz CT molecular complexity index is 1750. The van der Waals surface area contributed by atoms with Crippen molar-refractivity contribution in [3.05, 3.63) is 101 Å². The zero-order valence-corrected chi connectivity index (χ0v) is 23.3. The minimum atomic E-state index is -4.01. The van der Waals surface area contributed by atoms with Gasteiger partial charge in [-0.2, -0.15) is 0 Å². The molecule has 0 spiro atoms. The highest BCUT2D eigenvalue weighted by Gasteiger charge is 2.66. The van der Waals surface area contributed by atoms with Crippen molar-refractivity contribution in [2.45, 2.75) is 35.5 Å². The number of pyridine rings is 1. The van der Waals surface area contributed by atoms with Crippen LogP contribution in [0.15, 0.2) is 78.2 Å². The molecule has 3 fully saturated rings. The fourth-order valence-electron chi connectivity index (χ4n) is 6.41. The minimum Gasteiger partial charge on any atom is -0.381 e. The van der Waals surface area contributed by atoms with Gasteiger partial charge in [0.05, 0.1) is 15.2 Å². The van der Waals surface area contributed by atoms with Gasteiger partial charge in [0, 0.05) is 47.8 Å². The molecule has 2 heterocycles. The number of aromatic nitrogens is 3. The number of rotatable bonds is 6. The smallest absolute Gasteiger partial charge is 0.255 e. The molecule has 8 nitrogen and oxygen atoms in total. The van der Waals surface area contributed by atoms with E-state index in [2.05, 4.69) is 15.3 Å². The molecule has 2 N–H and O–H groups in total. The molecular formula is C29H25ClF2N4O4S. The molecule has 1 amide bonds. The molecule has 7 rings (SSSR count). The van der Waals surface area contributed by atoms with Gasteiger partial charge in [-0.05, 0) is 73.1 Å². The van der Waals surface area contributed by atoms with E-state index < -0.39 is 38.2 Å². The lowest BCUT2D eigenvalue weighted by Gasteiger charge is -2.62. The number of amides is 1. The lowest BCUT2D eigenvalue weighted by Crippen LogP contribution is -2.65. The SMILES string of the molecule is C[C@H]1C2CC(S(=O)(=O)c3cc(C(=O)Nc4ccc(F)c(F)c4)ccc3Cl)CC1[C@@]2(O)c1nccn1-c1ccncc1. The highest BCUT2D eigenvalue weighted by atomic mass is 35.5. The van der Waals surface area contributed by atoms with Crippen LogP contribution in [0.5, 0.6) is 0 Å². The van der Waals surface area contributed by atoms with Crippen molar-refractivity contribution >= 4 is 33.0 Å². The normalized spacial score (nSPS) is 25.4. The highest BCUT2D eigenvalue weighted by molar-refractivity contribution is 7.92. The molecule has 2 aromatic heterocycles. The van der Waals surface area contributed by atoms with Gasteiger partial charge in [-0.1, -0.05) is 18.5 Å². The molecule has 4 aromatic rings. The van der Waals surface area contributed by atoms with Crippen LogP contribution in [0, 0.1) is 29.4 Å². The molecule has 2 atom stereocenters. The zero-order chi connectivity index (χ0) is 29.1. The van der Waals surface area contributed by atoms with Gasteiger partial charge in [0.2, 0.25) is 0 Å². The van der Waals surface area contributed by atoms with E-state index in [1.54, 1.807) is 41.5 Å². The monoisotopic (exact) mass is 598 g/mol. The van der Waals surface area contributed by atoms with Crippen LogP contribution in [-0.2, 0) is 15.4 Å². The second kappa shape index (κ2) is 10.0. The summed E-state index contributed by atoms with van der Waals surface area (Å²) in [6.45, 7) is 2.00. The third-order valence-corrected chi connectivity index (χ3v) is 11.1. The molecule has 2 aromatic carbocycles. The number of carbonyl (C=O) groups is 1. The van der Waals surface area contributed by atoms with Gasteiger partial charge in [0.1, 0.15) is 11.4 Å². The van der Waals surface area contributed by atoms with E-state index in [1.165, 1.54) is 24.3 Å². The van der Waals surface area contributed by atoms with E-state index >= 15 is 0 Å². The van der Waals surface area contributed by atoms with Crippen molar-refractivity contribution in [2.75, 3.05) is 5.32 Å². The van der Waals surface area contributed by atoms with Crippen LogP contribution in [0.4, 0.5) is 14.5 Å². The summed E-state index contributed by atoms with van der Waals surface area (Å²) in [4.78, 5) is 21.1. The maximum atomic E-state index is 13.9. The summed E-state index contributed by atoms with van der Waals surface area (Å²) in [6, 6.07) is 10.4. The Morgan fingerprint density at radius 1 is 1.05 bits per heavy atom. The van der Waals surface area contributed by atoms with E-state index in [9.17, 15) is 27.1 Å². The molecule has 3 saturated carbocycles. The Balaban J connectivity index is 1.26. The van der Waals surface area contributed by atoms with Crippen LogP contribution in [0.3, 0.4) is 0 Å². The fraction of sp³-hybridized carbons (Fsp3) is 0.276. The van der Waals surface area contributed by atoms with E-state index in [0.29, 0.717) is 5.82 Å². The summed E-state index contributed by atoms with van der Waals surface area (Å²) in [5, 5.41) is 13.5. The van der Waals surface area contributed by atoms with Crippen molar-refractivity contribution in [1.29, 1.82) is 0 Å². The maximum absolute atomic E-state index is 13.9. The maximum Gasteiger partial charge on any atom is 0.255 e. The number of hydrogen-bond acceptors (Lipinski definition) is 6. The number of nitrogens with zero attached hydrogens (tertiary/aromatic N) is 3. The first-order chi connectivity index (χ1) is 19.5. The lowest BCUT2D eigenvalue weighted by molar-refractivity contribution is -0.230. The topological polar surface area (TPSA) is 114 Å². The van der Waals surface area contributed by atoms with Gasteiger partial charge in [0.25, 0.3) is 5.91 Å². The molecule has 0 saturated heterocycles. The van der Waals surface area contributed by atoms with Crippen molar-refractivity contribution in [1.82, 2.24) is 14.5 Å². The number of anilines is 1. The first kappa shape index (κ1) is 27.5. The van der Waals surface area contributed by atoms with Crippen LogP contribution in [0.1, 0.15) is 35.9 Å². The predicted molar refractivity (Wildman–Crippen MR) is 147 cm³/mol. The average molecular weight is 599 g/mol. The van der Waals surface area contributed by atoms with E-state index in [4.69, 9.17) is 11.6 Å². The number of imidazole rings is 1. The number of hydrogen-bond donors (Lipinski definition) is 2. The number of aliphatic hydroxyl groups is 1. The molecule has 2 bridgehead atoms. The van der Waals surface area contributed by atoms with Crippen molar-refractivity contribution in [3.8, 4) is 5.69 Å². The molecule has 0 radical (unpaired) electrons. The second-order valence-electron chi connectivity index (χ2n) is 10.6. The van der Waals surface area contributed by atoms with Crippen molar-refractivity contribution in [2.24, 2.45) is 17.8 Å². The average Bonchev–Trinajstić information content (AvgIpc) is 3.46.